The molecule has 114 valence electrons. The number of carboxylic acids is 1. The lowest BCUT2D eigenvalue weighted by Gasteiger charge is -2.36. The fourth-order valence-electron chi connectivity index (χ4n) is 3.02. The highest BCUT2D eigenvalue weighted by atomic mass is 32.2. The first-order valence-corrected chi connectivity index (χ1v) is 8.52. The van der Waals surface area contributed by atoms with Gasteiger partial charge in [0.15, 0.2) is 0 Å². The van der Waals surface area contributed by atoms with Gasteiger partial charge < -0.3 is 15.3 Å². The monoisotopic (exact) mass is 300 g/mol. The Kier molecular flexibility index (Phi) is 5.18. The molecule has 0 bridgehead atoms. The smallest absolute Gasteiger partial charge is 0.327 e. The minimum absolute atomic E-state index is 0.178. The summed E-state index contributed by atoms with van der Waals surface area (Å²) in [5.74, 6) is 0.394. The zero-order valence-electron chi connectivity index (χ0n) is 12.1. The number of carbonyl (C=O) groups is 2. The van der Waals surface area contributed by atoms with E-state index in [1.165, 1.54) is 24.2 Å². The van der Waals surface area contributed by atoms with E-state index in [0.717, 1.165) is 18.6 Å². The molecule has 1 aliphatic carbocycles. The largest absolute Gasteiger partial charge is 0.480 e. The second-order valence-corrected chi connectivity index (χ2v) is 7.30. The molecule has 0 aromatic carbocycles. The van der Waals surface area contributed by atoms with Crippen LogP contribution >= 0.6 is 11.8 Å². The number of nitrogens with zero attached hydrogens (tertiary/aromatic N) is 1. The molecule has 2 amide bonds. The molecule has 6 heteroatoms. The molecule has 2 fully saturated rings. The molecular formula is C14H24N2O3S. The average Bonchev–Trinajstić information content (AvgIpc) is 2.45. The topological polar surface area (TPSA) is 69.6 Å². The van der Waals surface area contributed by atoms with Crippen molar-refractivity contribution in [2.75, 3.05) is 24.6 Å². The van der Waals surface area contributed by atoms with Gasteiger partial charge >= 0.3 is 12.0 Å². The van der Waals surface area contributed by atoms with Gasteiger partial charge in [0.1, 0.15) is 6.04 Å². The van der Waals surface area contributed by atoms with Gasteiger partial charge in [0.05, 0.1) is 0 Å². The van der Waals surface area contributed by atoms with Crippen LogP contribution < -0.4 is 5.32 Å². The number of nitrogens with one attached hydrogen (secondary N) is 1. The van der Waals surface area contributed by atoms with E-state index in [2.05, 4.69) is 12.2 Å². The van der Waals surface area contributed by atoms with E-state index < -0.39 is 12.0 Å². The maximum Gasteiger partial charge on any atom is 0.327 e. The number of aliphatic carboxylic acids is 1. The molecule has 2 N–H and O–H groups in total. The van der Waals surface area contributed by atoms with Crippen molar-refractivity contribution in [3.8, 4) is 0 Å². The Morgan fingerprint density at radius 3 is 2.70 bits per heavy atom. The third-order valence-corrected chi connectivity index (χ3v) is 5.42. The Morgan fingerprint density at radius 1 is 1.35 bits per heavy atom. The van der Waals surface area contributed by atoms with E-state index in [4.69, 9.17) is 0 Å². The number of carbonyl (C=O) groups excluding carboxylic acids is 1. The number of amides is 2. The molecule has 2 aliphatic rings. The third kappa shape index (κ3) is 3.81. The molecule has 1 aliphatic heterocycles. The van der Waals surface area contributed by atoms with Gasteiger partial charge in [0.25, 0.3) is 0 Å². The predicted octanol–water partition coefficient (Wildman–Crippen LogP) is 2.17. The van der Waals surface area contributed by atoms with Gasteiger partial charge in [-0.15, -0.1) is 0 Å². The molecule has 1 saturated carbocycles. The number of hydrogen-bond donors (Lipinski definition) is 2. The van der Waals surface area contributed by atoms with Crippen molar-refractivity contribution in [3.05, 3.63) is 0 Å². The van der Waals surface area contributed by atoms with Crippen molar-refractivity contribution in [1.29, 1.82) is 0 Å². The molecule has 20 heavy (non-hydrogen) atoms. The first-order chi connectivity index (χ1) is 9.52. The summed E-state index contributed by atoms with van der Waals surface area (Å²) in [6.07, 6.45) is 6.03. The summed E-state index contributed by atoms with van der Waals surface area (Å²) >= 11 is 1.60. The lowest BCUT2D eigenvalue weighted by molar-refractivity contribution is -0.141. The average molecular weight is 300 g/mol. The highest BCUT2D eigenvalue weighted by Crippen LogP contribution is 2.35. The highest BCUT2D eigenvalue weighted by molar-refractivity contribution is 7.99. The number of hydrogen-bond acceptors (Lipinski definition) is 3. The van der Waals surface area contributed by atoms with Gasteiger partial charge in [-0.1, -0.05) is 26.2 Å². The minimum atomic E-state index is -0.906. The van der Waals surface area contributed by atoms with Gasteiger partial charge in [0.2, 0.25) is 0 Å². The molecule has 0 radical (unpaired) electrons. The molecule has 0 aromatic rings. The van der Waals surface area contributed by atoms with Crippen molar-refractivity contribution >= 4 is 23.8 Å². The number of thioether (sulfide) groups is 1. The van der Waals surface area contributed by atoms with Crippen LogP contribution in [0.5, 0.6) is 0 Å². The van der Waals surface area contributed by atoms with Crippen LogP contribution in [0.2, 0.25) is 0 Å². The summed E-state index contributed by atoms with van der Waals surface area (Å²) in [4.78, 5) is 24.9. The fourth-order valence-corrected chi connectivity index (χ4v) is 4.06. The standard InChI is InChI=1S/C14H24N2O3S/c1-14(5-3-2-4-6-14)10-15-13(19)16-7-8-20-9-11(16)12(17)18/h11H,2-10H2,1H3,(H,15,19)(H,17,18). The summed E-state index contributed by atoms with van der Waals surface area (Å²) < 4.78 is 0. The zero-order valence-corrected chi connectivity index (χ0v) is 12.9. The van der Waals surface area contributed by atoms with Crippen LogP contribution in [0.25, 0.3) is 0 Å². The molecular weight excluding hydrogens is 276 g/mol. The summed E-state index contributed by atoms with van der Waals surface area (Å²) in [5, 5.41) is 12.2. The van der Waals surface area contributed by atoms with Gasteiger partial charge in [-0.2, -0.15) is 11.8 Å². The van der Waals surface area contributed by atoms with Crippen LogP contribution in [-0.2, 0) is 4.79 Å². The maximum absolute atomic E-state index is 12.2. The van der Waals surface area contributed by atoms with Crippen molar-refractivity contribution < 1.29 is 14.7 Å². The number of carboxylic acid groups (broad SMARTS) is 1. The normalized spacial score (nSPS) is 26.1. The zero-order chi connectivity index (χ0) is 14.6. The van der Waals surface area contributed by atoms with Gasteiger partial charge in [0, 0.05) is 24.6 Å². The lowest BCUT2D eigenvalue weighted by atomic mass is 9.76. The number of urea groups is 1. The van der Waals surface area contributed by atoms with Crippen LogP contribution in [0.15, 0.2) is 0 Å². The predicted molar refractivity (Wildman–Crippen MR) is 80.0 cm³/mol. The Bertz CT molecular complexity index is 369. The molecule has 1 heterocycles. The van der Waals surface area contributed by atoms with E-state index >= 15 is 0 Å². The first-order valence-electron chi connectivity index (χ1n) is 7.37. The lowest BCUT2D eigenvalue weighted by Crippen LogP contribution is -2.55. The minimum Gasteiger partial charge on any atom is -0.480 e. The van der Waals surface area contributed by atoms with Crippen LogP contribution in [0.1, 0.15) is 39.0 Å². The third-order valence-electron chi connectivity index (χ3n) is 4.40. The van der Waals surface area contributed by atoms with Gasteiger partial charge in [-0.25, -0.2) is 9.59 Å². The van der Waals surface area contributed by atoms with Gasteiger partial charge in [-0.3, -0.25) is 0 Å². The Hall–Kier alpha value is -0.910. The van der Waals surface area contributed by atoms with E-state index in [1.807, 2.05) is 0 Å². The molecule has 5 nitrogen and oxygen atoms in total. The highest BCUT2D eigenvalue weighted by Gasteiger charge is 2.34. The Morgan fingerprint density at radius 2 is 2.05 bits per heavy atom. The molecule has 2 rings (SSSR count). The van der Waals surface area contributed by atoms with Crippen LogP contribution in [0.3, 0.4) is 0 Å². The Balaban J connectivity index is 1.88. The van der Waals surface area contributed by atoms with Crippen molar-refractivity contribution in [1.82, 2.24) is 10.2 Å². The quantitative estimate of drug-likeness (QED) is 0.838. The Labute approximate surface area is 124 Å². The molecule has 1 atom stereocenters. The molecule has 1 unspecified atom stereocenters. The number of rotatable bonds is 3. The maximum atomic E-state index is 12.2. The van der Waals surface area contributed by atoms with E-state index in [0.29, 0.717) is 18.8 Å². The molecule has 1 saturated heterocycles. The van der Waals surface area contributed by atoms with E-state index in [-0.39, 0.29) is 11.4 Å². The van der Waals surface area contributed by atoms with Crippen molar-refractivity contribution in [2.24, 2.45) is 5.41 Å². The summed E-state index contributed by atoms with van der Waals surface area (Å²) in [5.41, 5.74) is 0.178. The SMILES string of the molecule is CC1(CNC(=O)N2CCSCC2C(=O)O)CCCCC1. The van der Waals surface area contributed by atoms with Crippen molar-refractivity contribution in [2.45, 2.75) is 45.1 Å². The van der Waals surface area contributed by atoms with Crippen molar-refractivity contribution in [3.63, 3.8) is 0 Å². The second-order valence-electron chi connectivity index (χ2n) is 6.15. The van der Waals surface area contributed by atoms with Gasteiger partial charge in [-0.05, 0) is 18.3 Å². The first kappa shape index (κ1) is 15.5. The second kappa shape index (κ2) is 6.70. The van der Waals surface area contributed by atoms with E-state index in [9.17, 15) is 14.7 Å². The van der Waals surface area contributed by atoms with Crippen LogP contribution in [0.4, 0.5) is 4.79 Å². The summed E-state index contributed by atoms with van der Waals surface area (Å²) in [6.45, 7) is 3.39. The summed E-state index contributed by atoms with van der Waals surface area (Å²) in [7, 11) is 0. The van der Waals surface area contributed by atoms with Crippen LogP contribution in [0, 0.1) is 5.41 Å². The van der Waals surface area contributed by atoms with Crippen LogP contribution in [-0.4, -0.2) is 52.6 Å². The molecule has 0 spiro atoms. The molecule has 0 aromatic heterocycles. The fraction of sp³-hybridized carbons (Fsp3) is 0.857. The summed E-state index contributed by atoms with van der Waals surface area (Å²) in [6, 6.07) is -0.905. The van der Waals surface area contributed by atoms with E-state index in [1.54, 1.807) is 11.8 Å².